The Kier molecular flexibility index (Phi) is 6.52. The van der Waals surface area contributed by atoms with Gasteiger partial charge in [0.05, 0.1) is 6.04 Å². The summed E-state index contributed by atoms with van der Waals surface area (Å²) < 4.78 is 0. The zero-order valence-corrected chi connectivity index (χ0v) is 18.9. The van der Waals surface area contributed by atoms with Gasteiger partial charge in [0.15, 0.2) is 0 Å². The number of thiophene rings is 1. The summed E-state index contributed by atoms with van der Waals surface area (Å²) in [4.78, 5) is 31.8. The van der Waals surface area contributed by atoms with Gasteiger partial charge >= 0.3 is 0 Å². The van der Waals surface area contributed by atoms with Crippen LogP contribution in [0.4, 0.5) is 0 Å². The van der Waals surface area contributed by atoms with Crippen LogP contribution in [0.2, 0.25) is 0 Å². The van der Waals surface area contributed by atoms with E-state index >= 15 is 0 Å². The van der Waals surface area contributed by atoms with Crippen molar-refractivity contribution in [3.8, 4) is 0 Å². The quantitative estimate of drug-likeness (QED) is 0.545. The van der Waals surface area contributed by atoms with Gasteiger partial charge in [-0.05, 0) is 54.0 Å². The summed E-state index contributed by atoms with van der Waals surface area (Å²) in [6.07, 6.45) is 1.67. The Morgan fingerprint density at radius 2 is 1.81 bits per heavy atom. The number of aryl methyl sites for hydroxylation is 1. The molecule has 0 saturated heterocycles. The summed E-state index contributed by atoms with van der Waals surface area (Å²) in [5, 5.41) is 2.11. The van der Waals surface area contributed by atoms with Crippen LogP contribution in [0.3, 0.4) is 0 Å². The maximum Gasteiger partial charge on any atom is 0.254 e. The van der Waals surface area contributed by atoms with Crippen molar-refractivity contribution in [2.75, 3.05) is 19.6 Å². The van der Waals surface area contributed by atoms with Crippen molar-refractivity contribution in [2.45, 2.75) is 32.7 Å². The average molecular weight is 433 g/mol. The SMILES string of the molecule is CCCN(CC(=O)N1CCc2sccc2C1c1ccccc1)C(=O)c1ccccc1C. The molecule has 2 aromatic carbocycles. The number of rotatable bonds is 6. The molecular formula is C26H28N2O2S. The molecule has 4 nitrogen and oxygen atoms in total. The normalized spacial score (nSPS) is 15.4. The lowest BCUT2D eigenvalue weighted by molar-refractivity contribution is -0.134. The van der Waals surface area contributed by atoms with Gasteiger partial charge in [-0.1, -0.05) is 55.5 Å². The zero-order valence-electron chi connectivity index (χ0n) is 18.1. The molecule has 0 saturated carbocycles. The zero-order chi connectivity index (χ0) is 21.8. The minimum atomic E-state index is -0.0965. The molecule has 2 heterocycles. The van der Waals surface area contributed by atoms with Crippen molar-refractivity contribution in [3.63, 3.8) is 0 Å². The van der Waals surface area contributed by atoms with Crippen LogP contribution in [0.5, 0.6) is 0 Å². The summed E-state index contributed by atoms with van der Waals surface area (Å²) in [6.45, 7) is 5.31. The highest BCUT2D eigenvalue weighted by atomic mass is 32.1. The Bertz CT molecular complexity index is 1060. The third kappa shape index (κ3) is 4.42. The van der Waals surface area contributed by atoms with Crippen molar-refractivity contribution in [3.05, 3.63) is 93.2 Å². The van der Waals surface area contributed by atoms with Crippen LogP contribution in [0.15, 0.2) is 66.0 Å². The fourth-order valence-corrected chi connectivity index (χ4v) is 5.24. The van der Waals surface area contributed by atoms with Crippen LogP contribution in [0, 0.1) is 6.92 Å². The molecule has 1 atom stereocenters. The smallest absolute Gasteiger partial charge is 0.254 e. The van der Waals surface area contributed by atoms with Crippen molar-refractivity contribution < 1.29 is 9.59 Å². The monoisotopic (exact) mass is 432 g/mol. The van der Waals surface area contributed by atoms with Crippen molar-refractivity contribution in [2.24, 2.45) is 0 Å². The third-order valence-electron chi connectivity index (χ3n) is 5.88. The van der Waals surface area contributed by atoms with Gasteiger partial charge in [0.1, 0.15) is 6.54 Å². The fourth-order valence-electron chi connectivity index (χ4n) is 4.34. The molecule has 31 heavy (non-hydrogen) atoms. The minimum Gasteiger partial charge on any atom is -0.330 e. The molecule has 0 radical (unpaired) electrons. The largest absolute Gasteiger partial charge is 0.330 e. The minimum absolute atomic E-state index is 0.00101. The molecule has 0 N–H and O–H groups in total. The number of nitrogens with zero attached hydrogens (tertiary/aromatic N) is 2. The second-order valence-electron chi connectivity index (χ2n) is 7.99. The topological polar surface area (TPSA) is 40.6 Å². The molecule has 5 heteroatoms. The molecule has 160 valence electrons. The lowest BCUT2D eigenvalue weighted by Crippen LogP contribution is -2.47. The van der Waals surface area contributed by atoms with Gasteiger partial charge in [-0.3, -0.25) is 9.59 Å². The average Bonchev–Trinajstić information content (AvgIpc) is 3.27. The van der Waals surface area contributed by atoms with Crippen LogP contribution in [-0.4, -0.2) is 41.2 Å². The van der Waals surface area contributed by atoms with Crippen LogP contribution >= 0.6 is 11.3 Å². The Balaban J connectivity index is 1.61. The second kappa shape index (κ2) is 9.48. The van der Waals surface area contributed by atoms with Gasteiger partial charge in [-0.2, -0.15) is 0 Å². The number of carbonyl (C=O) groups excluding carboxylic acids is 2. The second-order valence-corrected chi connectivity index (χ2v) is 8.99. The van der Waals surface area contributed by atoms with Crippen LogP contribution in [0.25, 0.3) is 0 Å². The molecular weight excluding hydrogens is 404 g/mol. The summed E-state index contributed by atoms with van der Waals surface area (Å²) in [7, 11) is 0. The first-order valence-electron chi connectivity index (χ1n) is 10.9. The van der Waals surface area contributed by atoms with E-state index in [1.165, 1.54) is 10.4 Å². The molecule has 1 aliphatic rings. The Morgan fingerprint density at radius 1 is 1.06 bits per heavy atom. The summed E-state index contributed by atoms with van der Waals surface area (Å²) in [5.41, 5.74) is 3.93. The first-order valence-corrected chi connectivity index (χ1v) is 11.7. The number of amides is 2. The number of hydrogen-bond acceptors (Lipinski definition) is 3. The highest BCUT2D eigenvalue weighted by Gasteiger charge is 2.34. The molecule has 0 bridgehead atoms. The maximum absolute atomic E-state index is 13.6. The van der Waals surface area contributed by atoms with E-state index in [-0.39, 0.29) is 24.4 Å². The maximum atomic E-state index is 13.6. The van der Waals surface area contributed by atoms with Gasteiger partial charge in [0, 0.05) is 23.5 Å². The summed E-state index contributed by atoms with van der Waals surface area (Å²) >= 11 is 1.76. The van der Waals surface area contributed by atoms with E-state index in [0.717, 1.165) is 24.0 Å². The number of benzene rings is 2. The lowest BCUT2D eigenvalue weighted by atomic mass is 9.93. The molecule has 2 amide bonds. The van der Waals surface area contributed by atoms with E-state index in [4.69, 9.17) is 0 Å². The van der Waals surface area contributed by atoms with E-state index in [1.807, 2.05) is 61.2 Å². The van der Waals surface area contributed by atoms with Gasteiger partial charge in [0.2, 0.25) is 5.91 Å². The summed E-state index contributed by atoms with van der Waals surface area (Å²) in [5.74, 6) is -0.0705. The highest BCUT2D eigenvalue weighted by Crippen LogP contribution is 2.37. The highest BCUT2D eigenvalue weighted by molar-refractivity contribution is 7.10. The Hall–Kier alpha value is -2.92. The first kappa shape index (κ1) is 21.3. The number of fused-ring (bicyclic) bond motifs is 1. The van der Waals surface area contributed by atoms with Crippen molar-refractivity contribution >= 4 is 23.2 Å². The molecule has 0 aliphatic carbocycles. The lowest BCUT2D eigenvalue weighted by Gasteiger charge is -2.37. The van der Waals surface area contributed by atoms with E-state index < -0.39 is 0 Å². The van der Waals surface area contributed by atoms with E-state index in [9.17, 15) is 9.59 Å². The van der Waals surface area contributed by atoms with Crippen LogP contribution < -0.4 is 0 Å². The van der Waals surface area contributed by atoms with Gasteiger partial charge in [0.25, 0.3) is 5.91 Å². The van der Waals surface area contributed by atoms with Crippen LogP contribution in [0.1, 0.15) is 51.3 Å². The van der Waals surface area contributed by atoms with E-state index in [1.54, 1.807) is 16.2 Å². The standard InChI is InChI=1S/C26H28N2O2S/c1-3-15-27(26(30)21-12-8-7-9-19(21)2)18-24(29)28-16-13-23-22(14-17-31-23)25(28)20-10-5-4-6-11-20/h4-12,14,17,25H,3,13,15-16,18H2,1-2H3. The molecule has 0 spiro atoms. The Morgan fingerprint density at radius 3 is 2.55 bits per heavy atom. The fraction of sp³-hybridized carbons (Fsp3) is 0.308. The van der Waals surface area contributed by atoms with E-state index in [0.29, 0.717) is 18.7 Å². The van der Waals surface area contributed by atoms with Gasteiger partial charge in [-0.25, -0.2) is 0 Å². The number of hydrogen-bond donors (Lipinski definition) is 0. The molecule has 1 unspecified atom stereocenters. The summed E-state index contributed by atoms with van der Waals surface area (Å²) in [6, 6.07) is 19.8. The Labute approximate surface area is 188 Å². The van der Waals surface area contributed by atoms with Crippen LogP contribution in [-0.2, 0) is 11.2 Å². The van der Waals surface area contributed by atoms with Gasteiger partial charge in [-0.15, -0.1) is 11.3 Å². The molecule has 1 aromatic heterocycles. The van der Waals surface area contributed by atoms with E-state index in [2.05, 4.69) is 23.6 Å². The predicted octanol–water partition coefficient (Wildman–Crippen LogP) is 5.08. The molecule has 3 aromatic rings. The van der Waals surface area contributed by atoms with Crippen molar-refractivity contribution in [1.29, 1.82) is 0 Å². The van der Waals surface area contributed by atoms with Gasteiger partial charge < -0.3 is 9.80 Å². The molecule has 1 aliphatic heterocycles. The number of carbonyl (C=O) groups is 2. The molecule has 4 rings (SSSR count). The first-order chi connectivity index (χ1) is 15.1. The van der Waals surface area contributed by atoms with Crippen molar-refractivity contribution in [1.82, 2.24) is 9.80 Å². The predicted molar refractivity (Wildman–Crippen MR) is 125 cm³/mol. The third-order valence-corrected chi connectivity index (χ3v) is 6.88. The molecule has 0 fully saturated rings.